The number of hydrazone groups is 1. The first-order valence-corrected chi connectivity index (χ1v) is 13.4. The van der Waals surface area contributed by atoms with Gasteiger partial charge in [0.1, 0.15) is 9.96 Å². The first-order chi connectivity index (χ1) is 17.6. The Bertz CT molecular complexity index is 1630. The van der Waals surface area contributed by atoms with Crippen molar-refractivity contribution in [3.05, 3.63) is 87.8 Å². The van der Waals surface area contributed by atoms with Crippen molar-refractivity contribution in [2.45, 2.75) is 11.1 Å². The van der Waals surface area contributed by atoms with Gasteiger partial charge < -0.3 is 9.84 Å². The van der Waals surface area contributed by atoms with Gasteiger partial charge in [-0.2, -0.15) is 5.10 Å². The molecule has 0 bridgehead atoms. The second kappa shape index (κ2) is 11.0. The highest BCUT2D eigenvalue weighted by atomic mass is 35.5. The topological polar surface area (TPSA) is 134 Å². The average molecular weight is 558 g/mol. The zero-order chi connectivity index (χ0) is 26.6. The zero-order valence-electron chi connectivity index (χ0n) is 19.3. The Hall–Kier alpha value is -3.93. The number of benzene rings is 3. The minimum Gasteiger partial charge on any atom is -0.481 e. The van der Waals surface area contributed by atoms with E-state index in [1.807, 2.05) is 24.3 Å². The number of hydrogen-bond donors (Lipinski definition) is 3. The van der Waals surface area contributed by atoms with Crippen LogP contribution >= 0.6 is 22.9 Å². The van der Waals surface area contributed by atoms with Gasteiger partial charge in [-0.15, -0.1) is 11.3 Å². The van der Waals surface area contributed by atoms with Crippen LogP contribution in [0.2, 0.25) is 4.34 Å². The van der Waals surface area contributed by atoms with Gasteiger partial charge in [0.05, 0.1) is 21.8 Å². The molecule has 0 aliphatic carbocycles. The van der Waals surface area contributed by atoms with Crippen LogP contribution < -0.4 is 14.9 Å². The molecule has 1 heterocycles. The maximum absolute atomic E-state index is 13.0. The van der Waals surface area contributed by atoms with Crippen LogP contribution in [0.15, 0.2) is 76.0 Å². The van der Waals surface area contributed by atoms with E-state index in [1.54, 1.807) is 25.1 Å². The van der Waals surface area contributed by atoms with E-state index in [0.29, 0.717) is 9.90 Å². The van der Waals surface area contributed by atoms with Crippen LogP contribution in [0, 0.1) is 6.92 Å². The van der Waals surface area contributed by atoms with Crippen molar-refractivity contribution in [2.75, 3.05) is 11.3 Å². The maximum atomic E-state index is 13.0. The number of carboxylic acid groups (broad SMARTS) is 1. The highest BCUT2D eigenvalue weighted by Gasteiger charge is 2.21. The summed E-state index contributed by atoms with van der Waals surface area (Å²) in [7, 11) is -3.97. The first-order valence-electron chi connectivity index (χ1n) is 10.7. The third-order valence-electron chi connectivity index (χ3n) is 5.12. The lowest BCUT2D eigenvalue weighted by molar-refractivity contribution is -0.139. The number of fused-ring (bicyclic) bond motifs is 1. The number of carboxylic acids is 1. The van der Waals surface area contributed by atoms with Gasteiger partial charge in [0.2, 0.25) is 0 Å². The van der Waals surface area contributed by atoms with Gasteiger partial charge in [0.15, 0.2) is 6.61 Å². The SMILES string of the molecule is Cc1ccc(NS(=O)(=O)c2ccc(Cl)s2)c(C(=O)NN=Cc2c(OCC(=O)O)ccc3ccccc23)c1. The molecule has 4 aromatic rings. The quantitative estimate of drug-likeness (QED) is 0.198. The minimum atomic E-state index is -3.97. The molecule has 12 heteroatoms. The molecule has 0 aliphatic rings. The van der Waals surface area contributed by atoms with E-state index in [4.69, 9.17) is 21.4 Å². The summed E-state index contributed by atoms with van der Waals surface area (Å²) in [6.07, 6.45) is 1.35. The van der Waals surface area contributed by atoms with Gasteiger partial charge >= 0.3 is 5.97 Å². The van der Waals surface area contributed by atoms with Crippen molar-refractivity contribution in [3.63, 3.8) is 0 Å². The van der Waals surface area contributed by atoms with Crippen LogP contribution in [0.25, 0.3) is 10.8 Å². The Morgan fingerprint density at radius 1 is 1.11 bits per heavy atom. The molecule has 0 saturated heterocycles. The number of nitrogens with one attached hydrogen (secondary N) is 2. The summed E-state index contributed by atoms with van der Waals surface area (Å²) in [5.74, 6) is -1.52. The molecule has 0 aliphatic heterocycles. The Balaban J connectivity index is 1.61. The summed E-state index contributed by atoms with van der Waals surface area (Å²) < 4.78 is 33.7. The second-order valence-corrected chi connectivity index (χ2v) is 11.4. The fourth-order valence-electron chi connectivity index (χ4n) is 3.46. The van der Waals surface area contributed by atoms with E-state index in [2.05, 4.69) is 15.2 Å². The van der Waals surface area contributed by atoms with Gasteiger partial charge in [0, 0.05) is 5.56 Å². The van der Waals surface area contributed by atoms with E-state index in [9.17, 15) is 18.0 Å². The first kappa shape index (κ1) is 26.1. The summed E-state index contributed by atoms with van der Waals surface area (Å²) in [4.78, 5) is 24.0. The van der Waals surface area contributed by atoms with Gasteiger partial charge in [-0.05, 0) is 48.0 Å². The maximum Gasteiger partial charge on any atom is 0.341 e. The molecule has 0 atom stereocenters. The smallest absolute Gasteiger partial charge is 0.341 e. The number of aliphatic carboxylic acids is 1. The van der Waals surface area contributed by atoms with Gasteiger partial charge in [0.25, 0.3) is 15.9 Å². The Morgan fingerprint density at radius 2 is 1.89 bits per heavy atom. The predicted molar refractivity (Wildman–Crippen MR) is 143 cm³/mol. The molecule has 0 radical (unpaired) electrons. The van der Waals surface area contributed by atoms with Crippen LogP contribution in [-0.2, 0) is 14.8 Å². The van der Waals surface area contributed by atoms with Crippen molar-refractivity contribution in [3.8, 4) is 5.75 Å². The van der Waals surface area contributed by atoms with Gasteiger partial charge in [-0.3, -0.25) is 9.52 Å². The monoisotopic (exact) mass is 557 g/mol. The number of aryl methyl sites for hydroxylation is 1. The lowest BCUT2D eigenvalue weighted by Crippen LogP contribution is -2.21. The molecular weight excluding hydrogens is 538 g/mol. The fraction of sp³-hybridized carbons (Fsp3) is 0.0800. The molecule has 0 unspecified atom stereocenters. The normalized spacial score (nSPS) is 11.5. The number of nitrogens with zero attached hydrogens (tertiary/aromatic N) is 1. The number of sulfonamides is 1. The number of amides is 1. The molecule has 0 spiro atoms. The number of ether oxygens (including phenoxy) is 1. The zero-order valence-corrected chi connectivity index (χ0v) is 21.7. The number of thiophene rings is 1. The Kier molecular flexibility index (Phi) is 7.77. The number of carbonyl (C=O) groups excluding carboxylic acids is 1. The molecule has 9 nitrogen and oxygen atoms in total. The average Bonchev–Trinajstić information content (AvgIpc) is 3.31. The molecule has 190 valence electrons. The van der Waals surface area contributed by atoms with Crippen LogP contribution in [0.5, 0.6) is 5.75 Å². The van der Waals surface area contributed by atoms with Crippen LogP contribution in [0.3, 0.4) is 0 Å². The molecule has 0 saturated carbocycles. The Labute approximate surface area is 221 Å². The van der Waals surface area contributed by atoms with Gasteiger partial charge in [-0.25, -0.2) is 18.6 Å². The highest BCUT2D eigenvalue weighted by molar-refractivity contribution is 7.94. The van der Waals surface area contributed by atoms with Crippen molar-refractivity contribution in [1.29, 1.82) is 0 Å². The molecule has 1 aromatic heterocycles. The summed E-state index contributed by atoms with van der Waals surface area (Å²) >= 11 is 6.76. The fourth-order valence-corrected chi connectivity index (χ4v) is 6.02. The van der Waals surface area contributed by atoms with E-state index in [1.165, 1.54) is 30.5 Å². The summed E-state index contributed by atoms with van der Waals surface area (Å²) in [6.45, 7) is 1.22. The minimum absolute atomic E-state index is 0.00676. The van der Waals surface area contributed by atoms with Crippen LogP contribution in [-0.4, -0.2) is 38.2 Å². The predicted octanol–water partition coefficient (Wildman–Crippen LogP) is 4.89. The number of halogens is 1. The summed E-state index contributed by atoms with van der Waals surface area (Å²) in [6, 6.07) is 18.3. The van der Waals surface area contributed by atoms with Crippen LogP contribution in [0.4, 0.5) is 5.69 Å². The standard InChI is InChI=1S/C25H20ClN3O6S2/c1-15-6-8-20(29-37(33,34)24-11-10-22(26)36-24)18(12-15)25(32)28-27-13-19-17-5-3-2-4-16(17)7-9-21(19)35-14-23(30)31/h2-13,29H,14H2,1H3,(H,28,32)(H,30,31). The molecule has 3 N–H and O–H groups in total. The number of carbonyl (C=O) groups is 2. The third-order valence-corrected chi connectivity index (χ3v) is 8.21. The van der Waals surface area contributed by atoms with E-state index in [-0.39, 0.29) is 21.2 Å². The lowest BCUT2D eigenvalue weighted by Gasteiger charge is -2.12. The van der Waals surface area contributed by atoms with E-state index >= 15 is 0 Å². The summed E-state index contributed by atoms with van der Waals surface area (Å²) in [5.41, 5.74) is 3.74. The lowest BCUT2D eigenvalue weighted by atomic mass is 10.0. The number of anilines is 1. The van der Waals surface area contributed by atoms with E-state index < -0.39 is 28.5 Å². The largest absolute Gasteiger partial charge is 0.481 e. The Morgan fingerprint density at radius 3 is 2.62 bits per heavy atom. The third kappa shape index (κ3) is 6.26. The molecule has 1 amide bonds. The molecular formula is C25H20ClN3O6S2. The number of rotatable bonds is 9. The number of hydrogen-bond acceptors (Lipinski definition) is 7. The van der Waals surface area contributed by atoms with Crippen molar-refractivity contribution >= 4 is 67.5 Å². The second-order valence-electron chi connectivity index (χ2n) is 7.79. The van der Waals surface area contributed by atoms with E-state index in [0.717, 1.165) is 27.7 Å². The van der Waals surface area contributed by atoms with Crippen LogP contribution in [0.1, 0.15) is 21.5 Å². The highest BCUT2D eigenvalue weighted by Crippen LogP contribution is 2.29. The molecule has 4 rings (SSSR count). The molecule has 37 heavy (non-hydrogen) atoms. The van der Waals surface area contributed by atoms with Crippen molar-refractivity contribution in [1.82, 2.24) is 5.43 Å². The van der Waals surface area contributed by atoms with Gasteiger partial charge in [-0.1, -0.05) is 53.6 Å². The summed E-state index contributed by atoms with van der Waals surface area (Å²) in [5, 5.41) is 14.6. The van der Waals surface area contributed by atoms with Crippen molar-refractivity contribution in [2.24, 2.45) is 5.10 Å². The molecule has 3 aromatic carbocycles. The van der Waals surface area contributed by atoms with Crippen molar-refractivity contribution < 1.29 is 27.9 Å². The molecule has 0 fully saturated rings.